The quantitative estimate of drug-likeness (QED) is 0.633. The highest BCUT2D eigenvalue weighted by atomic mass is 19.1. The summed E-state index contributed by atoms with van der Waals surface area (Å²) in [6.07, 6.45) is 1.87. The molecule has 2 N–H and O–H groups in total. The van der Waals surface area contributed by atoms with E-state index in [2.05, 4.69) is 10.3 Å². The van der Waals surface area contributed by atoms with Crippen molar-refractivity contribution in [3.05, 3.63) is 88.5 Å². The normalized spacial score (nSPS) is 17.1. The zero-order valence-corrected chi connectivity index (χ0v) is 17.5. The van der Waals surface area contributed by atoms with Gasteiger partial charge in [-0.2, -0.15) is 0 Å². The topological polar surface area (TPSA) is 97.8 Å². The van der Waals surface area contributed by atoms with Gasteiger partial charge in [-0.3, -0.25) is 9.78 Å². The molecule has 2 aromatic carbocycles. The number of nitrogens with one attached hydrogen (secondary N) is 1. The van der Waals surface area contributed by atoms with Crippen LogP contribution in [0.4, 0.5) is 4.39 Å². The van der Waals surface area contributed by atoms with Crippen molar-refractivity contribution in [1.82, 2.24) is 10.3 Å². The van der Waals surface area contributed by atoms with E-state index in [4.69, 9.17) is 9.47 Å². The molecule has 3 aromatic rings. The van der Waals surface area contributed by atoms with Crippen LogP contribution in [0, 0.1) is 12.7 Å². The predicted octanol–water partition coefficient (Wildman–Crippen LogP) is 3.69. The van der Waals surface area contributed by atoms with E-state index in [-0.39, 0.29) is 23.5 Å². The van der Waals surface area contributed by atoms with Crippen LogP contribution in [0.3, 0.4) is 0 Å². The molecule has 1 atom stereocenters. The zero-order chi connectivity index (χ0) is 22.9. The lowest BCUT2D eigenvalue weighted by Gasteiger charge is -2.39. The highest BCUT2D eigenvalue weighted by Gasteiger charge is 2.43. The lowest BCUT2D eigenvalue weighted by atomic mass is 9.80. The summed E-state index contributed by atoms with van der Waals surface area (Å²) >= 11 is 0. The number of pyridine rings is 1. The molecule has 7 nitrogen and oxygen atoms in total. The molecule has 4 rings (SSSR count). The molecule has 1 aliphatic rings. The fourth-order valence-corrected chi connectivity index (χ4v) is 3.87. The lowest BCUT2D eigenvalue weighted by Crippen LogP contribution is -2.50. The Balaban J connectivity index is 1.87. The summed E-state index contributed by atoms with van der Waals surface area (Å²) < 4.78 is 25.6. The number of halogens is 1. The molecule has 0 fully saturated rings. The molecule has 0 bridgehead atoms. The molecule has 0 saturated heterocycles. The van der Waals surface area contributed by atoms with Crippen molar-refractivity contribution in [1.29, 1.82) is 0 Å². The Morgan fingerprint density at radius 1 is 1.22 bits per heavy atom. The number of benzene rings is 2. The second kappa shape index (κ2) is 8.30. The summed E-state index contributed by atoms with van der Waals surface area (Å²) in [5.41, 5.74) is 0.214. The number of carboxylic acids is 1. The minimum Gasteiger partial charge on any atom is -0.496 e. The van der Waals surface area contributed by atoms with E-state index in [1.54, 1.807) is 37.4 Å². The number of rotatable bonds is 5. The SMILES string of the molecule is COc1ccc(C(=O)O)cc1C(=O)N[C@]1(c2ccc(C)c(F)c2)CCOc2cccnc21. The number of fused-ring (bicyclic) bond motifs is 1. The summed E-state index contributed by atoms with van der Waals surface area (Å²) in [6, 6.07) is 12.2. The maximum absolute atomic E-state index is 14.6. The number of aryl methyl sites for hydroxylation is 1. The maximum atomic E-state index is 14.6. The summed E-state index contributed by atoms with van der Waals surface area (Å²) in [6.45, 7) is 1.92. The van der Waals surface area contributed by atoms with Crippen LogP contribution >= 0.6 is 0 Å². The van der Waals surface area contributed by atoms with Gasteiger partial charge in [0, 0.05) is 12.6 Å². The second-order valence-electron chi connectivity index (χ2n) is 7.49. The molecular weight excluding hydrogens is 415 g/mol. The molecular formula is C24H21FN2O5. The minimum absolute atomic E-state index is 0.0448. The van der Waals surface area contributed by atoms with Gasteiger partial charge in [0.15, 0.2) is 0 Å². The number of carbonyl (C=O) groups excluding carboxylic acids is 1. The number of methoxy groups -OCH3 is 1. The Bertz CT molecular complexity index is 1210. The summed E-state index contributed by atoms with van der Waals surface area (Å²) in [5, 5.41) is 12.3. The highest BCUT2D eigenvalue weighted by Crippen LogP contribution is 2.41. The third kappa shape index (κ3) is 3.64. The molecule has 1 amide bonds. The van der Waals surface area contributed by atoms with Gasteiger partial charge < -0.3 is 19.9 Å². The molecule has 32 heavy (non-hydrogen) atoms. The number of carbonyl (C=O) groups is 2. The molecule has 0 unspecified atom stereocenters. The van der Waals surface area contributed by atoms with Crippen LogP contribution in [-0.4, -0.2) is 35.7 Å². The van der Waals surface area contributed by atoms with E-state index in [1.807, 2.05) is 0 Å². The first kappa shape index (κ1) is 21.3. The summed E-state index contributed by atoms with van der Waals surface area (Å²) in [7, 11) is 1.39. The Labute approximate surface area is 183 Å². The standard InChI is InChI=1S/C24H21FN2O5/c1-14-5-7-16(13-18(14)25)24(9-11-32-20-4-3-10-26-21(20)24)27-22(28)17-12-15(23(29)30)6-8-19(17)31-2/h3-8,10,12-13H,9,11H2,1-2H3,(H,27,28)(H,29,30)/t24-/m0/s1. The number of hydrogen-bond donors (Lipinski definition) is 2. The van der Waals surface area contributed by atoms with E-state index in [9.17, 15) is 19.1 Å². The van der Waals surface area contributed by atoms with Crippen molar-refractivity contribution in [2.24, 2.45) is 0 Å². The Morgan fingerprint density at radius 3 is 2.75 bits per heavy atom. The van der Waals surface area contributed by atoms with Gasteiger partial charge in [0.2, 0.25) is 0 Å². The van der Waals surface area contributed by atoms with Crippen molar-refractivity contribution >= 4 is 11.9 Å². The van der Waals surface area contributed by atoms with Crippen molar-refractivity contribution in [2.75, 3.05) is 13.7 Å². The first-order chi connectivity index (χ1) is 15.4. The van der Waals surface area contributed by atoms with Crippen molar-refractivity contribution in [3.63, 3.8) is 0 Å². The number of carboxylic acid groups (broad SMARTS) is 1. The van der Waals surface area contributed by atoms with Crippen molar-refractivity contribution in [2.45, 2.75) is 18.9 Å². The molecule has 1 aromatic heterocycles. The predicted molar refractivity (Wildman–Crippen MR) is 114 cm³/mol. The number of aromatic carboxylic acids is 1. The van der Waals surface area contributed by atoms with Gasteiger partial charge in [-0.05, 0) is 54.4 Å². The smallest absolute Gasteiger partial charge is 0.335 e. The number of nitrogens with zero attached hydrogens (tertiary/aromatic N) is 1. The first-order valence-electron chi connectivity index (χ1n) is 9.94. The van der Waals surface area contributed by atoms with Crippen LogP contribution in [0.1, 0.15) is 44.0 Å². The Morgan fingerprint density at radius 2 is 2.03 bits per heavy atom. The van der Waals surface area contributed by atoms with E-state index in [0.29, 0.717) is 29.0 Å². The van der Waals surface area contributed by atoms with E-state index < -0.39 is 23.2 Å². The summed E-state index contributed by atoms with van der Waals surface area (Å²) in [5.74, 6) is -1.47. The molecule has 1 aliphatic heterocycles. The molecule has 2 heterocycles. The number of hydrogen-bond acceptors (Lipinski definition) is 5. The highest BCUT2D eigenvalue weighted by molar-refractivity contribution is 6.00. The van der Waals surface area contributed by atoms with E-state index in [1.165, 1.54) is 31.4 Å². The Hall–Kier alpha value is -3.94. The van der Waals surface area contributed by atoms with Crippen molar-refractivity contribution in [3.8, 4) is 11.5 Å². The van der Waals surface area contributed by atoms with Gasteiger partial charge in [-0.15, -0.1) is 0 Å². The third-order valence-corrected chi connectivity index (χ3v) is 5.59. The Kier molecular flexibility index (Phi) is 5.52. The summed E-state index contributed by atoms with van der Waals surface area (Å²) in [4.78, 5) is 29.4. The second-order valence-corrected chi connectivity index (χ2v) is 7.49. The largest absolute Gasteiger partial charge is 0.496 e. The van der Waals surface area contributed by atoms with E-state index >= 15 is 0 Å². The fraction of sp³-hybridized carbons (Fsp3) is 0.208. The van der Waals surface area contributed by atoms with Gasteiger partial charge in [0.1, 0.15) is 28.5 Å². The average Bonchev–Trinajstić information content (AvgIpc) is 2.80. The minimum atomic E-state index is -1.19. The van der Waals surface area contributed by atoms with Gasteiger partial charge in [0.05, 0.1) is 24.8 Å². The molecule has 0 aliphatic carbocycles. The van der Waals surface area contributed by atoms with Crippen LogP contribution in [0.15, 0.2) is 54.7 Å². The van der Waals surface area contributed by atoms with Gasteiger partial charge >= 0.3 is 5.97 Å². The first-order valence-corrected chi connectivity index (χ1v) is 9.94. The van der Waals surface area contributed by atoms with Crippen LogP contribution in [0.25, 0.3) is 0 Å². The maximum Gasteiger partial charge on any atom is 0.335 e. The average molecular weight is 436 g/mol. The van der Waals surface area contributed by atoms with E-state index in [0.717, 1.165) is 0 Å². The molecule has 164 valence electrons. The number of ether oxygens (including phenoxy) is 2. The van der Waals surface area contributed by atoms with Crippen LogP contribution in [-0.2, 0) is 5.54 Å². The third-order valence-electron chi connectivity index (χ3n) is 5.59. The van der Waals surface area contributed by atoms with Crippen LogP contribution in [0.5, 0.6) is 11.5 Å². The zero-order valence-electron chi connectivity index (χ0n) is 17.5. The molecule has 0 saturated carbocycles. The fourth-order valence-electron chi connectivity index (χ4n) is 3.87. The van der Waals surface area contributed by atoms with Gasteiger partial charge in [0.25, 0.3) is 5.91 Å². The lowest BCUT2D eigenvalue weighted by molar-refractivity contribution is 0.0697. The van der Waals surface area contributed by atoms with Crippen LogP contribution in [0.2, 0.25) is 0 Å². The monoisotopic (exact) mass is 436 g/mol. The molecule has 0 radical (unpaired) electrons. The molecule has 0 spiro atoms. The van der Waals surface area contributed by atoms with Gasteiger partial charge in [-0.25, -0.2) is 9.18 Å². The number of amides is 1. The molecule has 8 heteroatoms. The number of aromatic nitrogens is 1. The van der Waals surface area contributed by atoms with Crippen molar-refractivity contribution < 1.29 is 28.6 Å². The van der Waals surface area contributed by atoms with Gasteiger partial charge in [-0.1, -0.05) is 12.1 Å². The van der Waals surface area contributed by atoms with Crippen LogP contribution < -0.4 is 14.8 Å².